The summed E-state index contributed by atoms with van der Waals surface area (Å²) < 4.78 is 0. The number of hydrogen-bond donors (Lipinski definition) is 1. The Morgan fingerprint density at radius 1 is 0.962 bits per heavy atom. The van der Waals surface area contributed by atoms with Gasteiger partial charge in [-0.05, 0) is 18.1 Å². The Morgan fingerprint density at radius 2 is 1.50 bits per heavy atom. The quantitative estimate of drug-likeness (QED) is 0.724. The molecule has 3 aromatic rings. The zero-order valence-electron chi connectivity index (χ0n) is 14.1. The number of nitrogens with zero attached hydrogens (tertiary/aromatic N) is 2. The third kappa shape index (κ3) is 2.67. The minimum Gasteiger partial charge on any atom is -0.481 e. The fourth-order valence-corrected chi connectivity index (χ4v) is 3.92. The summed E-state index contributed by atoms with van der Waals surface area (Å²) in [7, 11) is 0. The van der Waals surface area contributed by atoms with Crippen LogP contribution in [0.4, 0.5) is 0 Å². The number of aromatic nitrogens is 2. The van der Waals surface area contributed by atoms with E-state index in [4.69, 9.17) is 11.6 Å². The number of hydrogen-bond acceptors (Lipinski definition) is 3. The second kappa shape index (κ2) is 6.22. The van der Waals surface area contributed by atoms with Crippen molar-refractivity contribution >= 4 is 17.6 Å². The first-order valence-electron chi connectivity index (χ1n) is 8.38. The summed E-state index contributed by atoms with van der Waals surface area (Å²) in [5.74, 6) is -0.250. The number of carboxylic acid groups (broad SMARTS) is 1. The summed E-state index contributed by atoms with van der Waals surface area (Å²) in [5, 5.41) is 10.3. The average molecular weight is 365 g/mol. The van der Waals surface area contributed by atoms with Gasteiger partial charge in [0.05, 0.1) is 10.4 Å². The first-order valence-corrected chi connectivity index (χ1v) is 8.76. The zero-order chi connectivity index (χ0) is 18.3. The fourth-order valence-electron chi connectivity index (χ4n) is 3.82. The molecule has 1 aromatic heterocycles. The van der Waals surface area contributed by atoms with Gasteiger partial charge in [0.2, 0.25) is 0 Å². The van der Waals surface area contributed by atoms with E-state index in [0.29, 0.717) is 10.8 Å². The summed E-state index contributed by atoms with van der Waals surface area (Å²) in [6.45, 7) is 1.83. The largest absolute Gasteiger partial charge is 0.481 e. The van der Waals surface area contributed by atoms with E-state index in [0.717, 1.165) is 16.7 Å². The third-order valence-electron chi connectivity index (χ3n) is 5.28. The number of aliphatic carboxylic acids is 1. The molecule has 4 rings (SSSR count). The van der Waals surface area contributed by atoms with Crippen molar-refractivity contribution in [2.45, 2.75) is 18.8 Å². The molecule has 0 spiro atoms. The van der Waals surface area contributed by atoms with Crippen LogP contribution in [-0.2, 0) is 4.79 Å². The molecular formula is C21H17ClN2O2. The maximum atomic E-state index is 11.9. The molecule has 0 bridgehead atoms. The van der Waals surface area contributed by atoms with Crippen LogP contribution in [0, 0.1) is 5.41 Å². The van der Waals surface area contributed by atoms with Crippen LogP contribution < -0.4 is 0 Å². The molecule has 3 unspecified atom stereocenters. The van der Waals surface area contributed by atoms with Crippen LogP contribution in [0.3, 0.4) is 0 Å². The van der Waals surface area contributed by atoms with Crippen molar-refractivity contribution in [1.82, 2.24) is 9.97 Å². The molecule has 130 valence electrons. The monoisotopic (exact) mass is 364 g/mol. The van der Waals surface area contributed by atoms with Gasteiger partial charge in [0, 0.05) is 29.8 Å². The van der Waals surface area contributed by atoms with Gasteiger partial charge in [0.25, 0.3) is 0 Å². The number of carboxylic acids is 1. The van der Waals surface area contributed by atoms with Crippen LogP contribution in [0.15, 0.2) is 67.0 Å². The first kappa shape index (κ1) is 16.7. The van der Waals surface area contributed by atoms with Crippen molar-refractivity contribution in [2.24, 2.45) is 5.41 Å². The van der Waals surface area contributed by atoms with Crippen LogP contribution in [0.5, 0.6) is 0 Å². The van der Waals surface area contributed by atoms with Gasteiger partial charge >= 0.3 is 5.97 Å². The molecule has 1 N–H and O–H groups in total. The number of carbonyl (C=O) groups is 1. The lowest BCUT2D eigenvalue weighted by atomic mass is 10.00. The standard InChI is InChI=1S/C21H17ClN2O2/c1-21(20(25)26)17(13-5-3-2-4-6-13)18(21)14-7-9-15(10-8-14)19-23-11-16(22)12-24-19/h2-12,17-18H,1H3,(H,25,26). The minimum atomic E-state index is -0.792. The highest BCUT2D eigenvalue weighted by molar-refractivity contribution is 6.30. The van der Waals surface area contributed by atoms with Gasteiger partial charge in [-0.3, -0.25) is 4.79 Å². The van der Waals surface area contributed by atoms with E-state index in [9.17, 15) is 9.90 Å². The molecule has 2 aromatic carbocycles. The Bertz CT molecular complexity index is 942. The van der Waals surface area contributed by atoms with E-state index >= 15 is 0 Å². The number of rotatable bonds is 4. The van der Waals surface area contributed by atoms with Crippen LogP contribution in [0.2, 0.25) is 5.02 Å². The highest BCUT2D eigenvalue weighted by Crippen LogP contribution is 2.70. The van der Waals surface area contributed by atoms with Gasteiger partial charge in [-0.25, -0.2) is 9.97 Å². The normalized spacial score (nSPS) is 24.2. The van der Waals surface area contributed by atoms with E-state index in [-0.39, 0.29) is 11.8 Å². The van der Waals surface area contributed by atoms with E-state index in [1.165, 1.54) is 0 Å². The highest BCUT2D eigenvalue weighted by atomic mass is 35.5. The van der Waals surface area contributed by atoms with Crippen molar-refractivity contribution in [2.75, 3.05) is 0 Å². The molecule has 0 amide bonds. The summed E-state index contributed by atoms with van der Waals surface area (Å²) in [6, 6.07) is 17.7. The number of halogens is 1. The molecule has 26 heavy (non-hydrogen) atoms. The predicted octanol–water partition coefficient (Wildman–Crippen LogP) is 4.77. The van der Waals surface area contributed by atoms with Gasteiger partial charge in [0.15, 0.2) is 5.82 Å². The van der Waals surface area contributed by atoms with E-state index in [2.05, 4.69) is 9.97 Å². The van der Waals surface area contributed by atoms with Gasteiger partial charge in [-0.15, -0.1) is 0 Å². The van der Waals surface area contributed by atoms with Gasteiger partial charge < -0.3 is 5.11 Å². The van der Waals surface area contributed by atoms with E-state index < -0.39 is 11.4 Å². The summed E-state index contributed by atoms with van der Waals surface area (Å²) >= 11 is 5.83. The minimum absolute atomic E-state index is 0.0289. The van der Waals surface area contributed by atoms with Crippen molar-refractivity contribution in [3.05, 3.63) is 83.1 Å². The lowest BCUT2D eigenvalue weighted by molar-refractivity contribution is -0.143. The molecule has 1 aliphatic carbocycles. The van der Waals surface area contributed by atoms with Crippen LogP contribution in [-0.4, -0.2) is 21.0 Å². The molecule has 3 atom stereocenters. The van der Waals surface area contributed by atoms with Crippen molar-refractivity contribution in [1.29, 1.82) is 0 Å². The Hall–Kier alpha value is -2.72. The molecule has 0 saturated heterocycles. The Labute approximate surface area is 156 Å². The van der Waals surface area contributed by atoms with Crippen molar-refractivity contribution < 1.29 is 9.90 Å². The Morgan fingerprint density at radius 3 is 2.04 bits per heavy atom. The highest BCUT2D eigenvalue weighted by Gasteiger charge is 2.67. The smallest absolute Gasteiger partial charge is 0.310 e. The van der Waals surface area contributed by atoms with Crippen LogP contribution >= 0.6 is 11.6 Å². The summed E-state index contributed by atoms with van der Waals surface area (Å²) in [4.78, 5) is 20.4. The molecule has 5 heteroatoms. The molecule has 1 fully saturated rings. The maximum absolute atomic E-state index is 11.9. The van der Waals surface area contributed by atoms with E-state index in [1.54, 1.807) is 12.4 Å². The van der Waals surface area contributed by atoms with Crippen molar-refractivity contribution in [3.8, 4) is 11.4 Å². The van der Waals surface area contributed by atoms with Gasteiger partial charge in [-0.1, -0.05) is 66.2 Å². The summed E-state index contributed by atoms with van der Waals surface area (Å²) in [5.41, 5.74) is 2.16. The maximum Gasteiger partial charge on any atom is 0.310 e. The third-order valence-corrected chi connectivity index (χ3v) is 5.48. The average Bonchev–Trinajstić information content (AvgIpc) is 3.31. The first-order chi connectivity index (χ1) is 12.5. The molecule has 0 radical (unpaired) electrons. The van der Waals surface area contributed by atoms with Crippen molar-refractivity contribution in [3.63, 3.8) is 0 Å². The predicted molar refractivity (Wildman–Crippen MR) is 100 cm³/mol. The Kier molecular flexibility index (Phi) is 4.00. The topological polar surface area (TPSA) is 63.1 Å². The second-order valence-electron chi connectivity index (χ2n) is 6.80. The van der Waals surface area contributed by atoms with Gasteiger partial charge in [0.1, 0.15) is 0 Å². The molecule has 1 heterocycles. The van der Waals surface area contributed by atoms with Crippen LogP contribution in [0.25, 0.3) is 11.4 Å². The second-order valence-corrected chi connectivity index (χ2v) is 7.24. The SMILES string of the molecule is CC1(C(=O)O)C(c2ccccc2)C1c1ccc(-c2ncc(Cl)cn2)cc1. The zero-order valence-corrected chi connectivity index (χ0v) is 14.9. The lowest BCUT2D eigenvalue weighted by Crippen LogP contribution is -2.14. The Balaban J connectivity index is 1.66. The molecule has 4 nitrogen and oxygen atoms in total. The summed E-state index contributed by atoms with van der Waals surface area (Å²) in [6.07, 6.45) is 3.12. The fraction of sp³-hybridized carbons (Fsp3) is 0.190. The van der Waals surface area contributed by atoms with Crippen LogP contribution in [0.1, 0.15) is 29.9 Å². The number of benzene rings is 2. The molecular weight excluding hydrogens is 348 g/mol. The lowest BCUT2D eigenvalue weighted by Gasteiger charge is -2.06. The molecule has 1 saturated carbocycles. The molecule has 1 aliphatic rings. The van der Waals surface area contributed by atoms with Gasteiger partial charge in [-0.2, -0.15) is 0 Å². The molecule has 0 aliphatic heterocycles. The van der Waals surface area contributed by atoms with E-state index in [1.807, 2.05) is 61.5 Å².